The molecule has 7 aromatic carbocycles. The second-order valence-electron chi connectivity index (χ2n) is 15.0. The van der Waals surface area contributed by atoms with Crippen LogP contribution in [-0.4, -0.2) is 15.0 Å². The second kappa shape index (κ2) is 12.3. The zero-order valence-corrected chi connectivity index (χ0v) is 30.1. The Kier molecular flexibility index (Phi) is 7.09. The van der Waals surface area contributed by atoms with Crippen molar-refractivity contribution in [2.24, 2.45) is 0 Å². The highest BCUT2D eigenvalue weighted by atomic mass is 16.3. The Labute approximate surface area is 318 Å². The summed E-state index contributed by atoms with van der Waals surface area (Å²) in [5.41, 5.74) is 12.3. The van der Waals surface area contributed by atoms with Crippen molar-refractivity contribution in [2.45, 2.75) is 37.5 Å². The Morgan fingerprint density at radius 3 is 1.91 bits per heavy atom. The van der Waals surface area contributed by atoms with Gasteiger partial charge in [-0.2, -0.15) is 5.26 Å². The number of fused-ring (bicyclic) bond motifs is 9. The van der Waals surface area contributed by atoms with E-state index in [4.69, 9.17) is 19.4 Å². The van der Waals surface area contributed by atoms with Crippen LogP contribution in [0.3, 0.4) is 0 Å². The highest BCUT2D eigenvalue weighted by molar-refractivity contribution is 6.05. The minimum Gasteiger partial charge on any atom is -0.456 e. The number of hydrogen-bond acceptors (Lipinski definition) is 5. The number of aromatic nitrogens is 3. The zero-order chi connectivity index (χ0) is 36.5. The SMILES string of the molecule is N#Cc1cccc2c1-c1c(-c3ccc(-c4nc(-c5ccc6ccccc6c5)nc(-c5ccc6c(c5)oc5ccccc56)n4)cc3)cccc1C21CCCCC1. The van der Waals surface area contributed by atoms with Gasteiger partial charge in [0.25, 0.3) is 0 Å². The number of hydrogen-bond donors (Lipinski definition) is 0. The largest absolute Gasteiger partial charge is 0.456 e. The van der Waals surface area contributed by atoms with Crippen molar-refractivity contribution in [3.63, 3.8) is 0 Å². The van der Waals surface area contributed by atoms with E-state index in [9.17, 15) is 5.26 Å². The smallest absolute Gasteiger partial charge is 0.164 e. The van der Waals surface area contributed by atoms with E-state index in [1.807, 2.05) is 30.3 Å². The Morgan fingerprint density at radius 1 is 0.491 bits per heavy atom. The van der Waals surface area contributed by atoms with Gasteiger partial charge in [-0.3, -0.25) is 0 Å². The molecule has 0 N–H and O–H groups in total. The molecule has 11 rings (SSSR count). The molecule has 0 saturated heterocycles. The summed E-state index contributed by atoms with van der Waals surface area (Å²) in [6.07, 6.45) is 5.91. The molecule has 2 aliphatic rings. The van der Waals surface area contributed by atoms with E-state index in [1.54, 1.807) is 0 Å². The first-order valence-corrected chi connectivity index (χ1v) is 19.1. The van der Waals surface area contributed by atoms with Crippen molar-refractivity contribution in [3.05, 3.63) is 162 Å². The van der Waals surface area contributed by atoms with E-state index in [0.717, 1.165) is 84.5 Å². The summed E-state index contributed by atoms with van der Waals surface area (Å²) in [6, 6.07) is 53.1. The first-order chi connectivity index (χ1) is 27.2. The van der Waals surface area contributed by atoms with Gasteiger partial charge in [-0.05, 0) is 81.8 Å². The molecule has 260 valence electrons. The molecule has 0 bridgehead atoms. The van der Waals surface area contributed by atoms with Crippen LogP contribution in [0.5, 0.6) is 0 Å². The molecular weight excluding hydrogens is 673 g/mol. The van der Waals surface area contributed by atoms with Crippen molar-refractivity contribution in [2.75, 3.05) is 0 Å². The first kappa shape index (κ1) is 31.6. The third-order valence-electron chi connectivity index (χ3n) is 12.0. The van der Waals surface area contributed by atoms with E-state index < -0.39 is 0 Å². The van der Waals surface area contributed by atoms with Crippen LogP contribution in [0.4, 0.5) is 0 Å². The molecule has 0 unspecified atom stereocenters. The number of rotatable bonds is 4. The van der Waals surface area contributed by atoms with E-state index in [0.29, 0.717) is 17.5 Å². The van der Waals surface area contributed by atoms with Crippen molar-refractivity contribution >= 4 is 32.7 Å². The molecule has 2 heterocycles. The van der Waals surface area contributed by atoms with Gasteiger partial charge >= 0.3 is 0 Å². The van der Waals surface area contributed by atoms with Crippen LogP contribution in [-0.2, 0) is 5.41 Å². The fourth-order valence-corrected chi connectivity index (χ4v) is 9.37. The lowest BCUT2D eigenvalue weighted by Gasteiger charge is -2.36. The van der Waals surface area contributed by atoms with Gasteiger partial charge in [-0.25, -0.2) is 15.0 Å². The summed E-state index contributed by atoms with van der Waals surface area (Å²) < 4.78 is 6.26. The fraction of sp³-hybridized carbons (Fsp3) is 0.120. The summed E-state index contributed by atoms with van der Waals surface area (Å²) in [5, 5.41) is 14.7. The number of benzene rings is 7. The van der Waals surface area contributed by atoms with E-state index in [-0.39, 0.29) is 5.41 Å². The fourth-order valence-electron chi connectivity index (χ4n) is 9.37. The molecule has 1 fully saturated rings. The van der Waals surface area contributed by atoms with Gasteiger partial charge in [0, 0.05) is 38.4 Å². The van der Waals surface area contributed by atoms with Gasteiger partial charge in [0.2, 0.25) is 0 Å². The second-order valence-corrected chi connectivity index (χ2v) is 15.0. The Morgan fingerprint density at radius 2 is 1.11 bits per heavy atom. The molecule has 0 amide bonds. The Bertz CT molecular complexity index is 3040. The minimum atomic E-state index is -0.0302. The van der Waals surface area contributed by atoms with Gasteiger partial charge in [-0.1, -0.05) is 135 Å². The van der Waals surface area contributed by atoms with Crippen LogP contribution >= 0.6 is 0 Å². The van der Waals surface area contributed by atoms with E-state index >= 15 is 0 Å². The van der Waals surface area contributed by atoms with Crippen LogP contribution in [0.15, 0.2) is 150 Å². The van der Waals surface area contributed by atoms with Gasteiger partial charge in [0.05, 0.1) is 11.6 Å². The summed E-state index contributed by atoms with van der Waals surface area (Å²) in [5.74, 6) is 1.79. The zero-order valence-electron chi connectivity index (χ0n) is 30.1. The van der Waals surface area contributed by atoms with Crippen molar-refractivity contribution in [1.82, 2.24) is 15.0 Å². The standard InChI is InChI=1S/C50H34N4O/c51-30-37-12-8-15-41-45(37)46-38(14-9-16-42(46)50(41)26-6-1-7-27-50)32-19-21-33(22-20-32)47-52-48(35-23-18-31-10-2-3-11-34(31)28-35)54-49(53-47)36-24-25-40-39-13-4-5-17-43(39)55-44(40)29-36/h2-5,8-25,28-29H,1,6-7,26-27H2. The monoisotopic (exact) mass is 706 g/mol. The molecule has 0 atom stereocenters. The lowest BCUT2D eigenvalue weighted by atomic mass is 9.67. The molecule has 1 spiro atoms. The van der Waals surface area contributed by atoms with Crippen LogP contribution in [0.2, 0.25) is 0 Å². The molecule has 2 aliphatic carbocycles. The van der Waals surface area contributed by atoms with Crippen molar-refractivity contribution in [1.29, 1.82) is 5.26 Å². The van der Waals surface area contributed by atoms with Crippen LogP contribution < -0.4 is 0 Å². The van der Waals surface area contributed by atoms with Gasteiger partial charge < -0.3 is 4.42 Å². The molecular formula is C50H34N4O. The molecule has 5 heteroatoms. The first-order valence-electron chi connectivity index (χ1n) is 19.1. The molecule has 1 saturated carbocycles. The normalized spacial score (nSPS) is 14.3. The molecule has 2 aromatic heterocycles. The van der Waals surface area contributed by atoms with Gasteiger partial charge in [-0.15, -0.1) is 0 Å². The van der Waals surface area contributed by atoms with E-state index in [1.165, 1.54) is 36.0 Å². The number of nitrogens with zero attached hydrogens (tertiary/aromatic N) is 4. The lowest BCUT2D eigenvalue weighted by Crippen LogP contribution is -2.28. The maximum atomic E-state index is 10.3. The highest BCUT2D eigenvalue weighted by Gasteiger charge is 2.45. The average molecular weight is 707 g/mol. The van der Waals surface area contributed by atoms with Crippen molar-refractivity contribution < 1.29 is 4.42 Å². The number of furan rings is 1. The van der Waals surface area contributed by atoms with Gasteiger partial charge in [0.15, 0.2) is 17.5 Å². The topological polar surface area (TPSA) is 75.6 Å². The Balaban J connectivity index is 1.05. The summed E-state index contributed by atoms with van der Waals surface area (Å²) >= 11 is 0. The molecule has 0 radical (unpaired) electrons. The summed E-state index contributed by atoms with van der Waals surface area (Å²) in [6.45, 7) is 0. The summed E-state index contributed by atoms with van der Waals surface area (Å²) in [7, 11) is 0. The maximum absolute atomic E-state index is 10.3. The molecule has 5 nitrogen and oxygen atoms in total. The average Bonchev–Trinajstić information content (AvgIpc) is 3.76. The quantitative estimate of drug-likeness (QED) is 0.182. The van der Waals surface area contributed by atoms with E-state index in [2.05, 4.69) is 121 Å². The lowest BCUT2D eigenvalue weighted by molar-refractivity contribution is 0.353. The predicted octanol–water partition coefficient (Wildman–Crippen LogP) is 12.7. The molecule has 0 aliphatic heterocycles. The third-order valence-corrected chi connectivity index (χ3v) is 12.0. The minimum absolute atomic E-state index is 0.0302. The molecule has 9 aromatic rings. The van der Waals surface area contributed by atoms with Crippen LogP contribution in [0.1, 0.15) is 48.8 Å². The molecule has 55 heavy (non-hydrogen) atoms. The number of nitriles is 1. The van der Waals surface area contributed by atoms with Gasteiger partial charge in [0.1, 0.15) is 11.2 Å². The summed E-state index contributed by atoms with van der Waals surface area (Å²) in [4.78, 5) is 15.2. The van der Waals surface area contributed by atoms with Crippen molar-refractivity contribution in [3.8, 4) is 62.5 Å². The predicted molar refractivity (Wildman–Crippen MR) is 220 cm³/mol. The van der Waals surface area contributed by atoms with Crippen LogP contribution in [0.25, 0.3) is 89.1 Å². The van der Waals surface area contributed by atoms with Crippen LogP contribution in [0, 0.1) is 11.3 Å². The Hall–Kier alpha value is -6.90. The third kappa shape index (κ3) is 4.95. The number of para-hydroxylation sites is 1. The highest BCUT2D eigenvalue weighted by Crippen LogP contribution is 2.58. The maximum Gasteiger partial charge on any atom is 0.164 e.